The van der Waals surface area contributed by atoms with E-state index in [1.807, 2.05) is 0 Å². The number of aromatic carboxylic acids is 1. The predicted octanol–water partition coefficient (Wildman–Crippen LogP) is 1.31. The number of hydrogen-bond acceptors (Lipinski definition) is 3. The van der Waals surface area contributed by atoms with Crippen molar-refractivity contribution < 1.29 is 9.90 Å². The zero-order valence-corrected chi connectivity index (χ0v) is 6.68. The quantitative estimate of drug-likeness (QED) is 0.639. The number of aromatic amines is 1. The molecule has 1 aromatic heterocycles. The molecule has 4 nitrogen and oxygen atoms in total. The minimum atomic E-state index is -1.15. The van der Waals surface area contributed by atoms with E-state index in [0.717, 1.165) is 0 Å². The first-order valence-electron chi connectivity index (χ1n) is 3.01. The van der Waals surface area contributed by atoms with Crippen LogP contribution in [0.15, 0.2) is 12.3 Å². The predicted molar refractivity (Wildman–Crippen MR) is 43.3 cm³/mol. The van der Waals surface area contributed by atoms with E-state index < -0.39 is 5.97 Å². The van der Waals surface area contributed by atoms with Gasteiger partial charge in [-0.05, 0) is 6.07 Å². The van der Waals surface area contributed by atoms with Gasteiger partial charge in [-0.15, -0.1) is 0 Å². The van der Waals surface area contributed by atoms with Gasteiger partial charge in [-0.1, -0.05) is 12.2 Å². The molecule has 5 heteroatoms. The average Bonchev–Trinajstić information content (AvgIpc) is 2.04. The summed E-state index contributed by atoms with van der Waals surface area (Å²) < 4.78 is 0.298. The average molecular weight is 180 g/mol. The first-order valence-corrected chi connectivity index (χ1v) is 3.42. The maximum atomic E-state index is 10.5. The lowest BCUT2D eigenvalue weighted by atomic mass is 10.1. The molecule has 0 bridgehead atoms. The fourth-order valence-electron chi connectivity index (χ4n) is 0.741. The Bertz CT molecular complexity index is 416. The monoisotopic (exact) mass is 180 g/mol. The number of rotatable bonds is 1. The second kappa shape index (κ2) is 3.15. The van der Waals surface area contributed by atoms with Crippen molar-refractivity contribution in [1.82, 2.24) is 4.98 Å². The number of carbonyl (C=O) groups is 1. The third-order valence-corrected chi connectivity index (χ3v) is 1.51. The number of nitriles is 1. The largest absolute Gasteiger partial charge is 0.478 e. The second-order valence-electron chi connectivity index (χ2n) is 2.04. The topological polar surface area (TPSA) is 76.9 Å². The molecule has 0 amide bonds. The van der Waals surface area contributed by atoms with Crippen molar-refractivity contribution in [1.29, 1.82) is 5.26 Å². The Morgan fingerprint density at radius 2 is 2.42 bits per heavy atom. The van der Waals surface area contributed by atoms with Gasteiger partial charge in [0.05, 0.1) is 11.1 Å². The summed E-state index contributed by atoms with van der Waals surface area (Å²) in [5.41, 5.74) is 0.0114. The zero-order valence-electron chi connectivity index (χ0n) is 5.87. The summed E-state index contributed by atoms with van der Waals surface area (Å²) in [5, 5.41) is 17.1. The molecule has 1 rings (SSSR count). The summed E-state index contributed by atoms with van der Waals surface area (Å²) in [6.45, 7) is 0. The smallest absolute Gasteiger partial charge is 0.337 e. The first kappa shape index (κ1) is 8.43. The number of H-pyrrole nitrogens is 1. The lowest BCUT2D eigenvalue weighted by Crippen LogP contribution is -2.00. The highest BCUT2D eigenvalue weighted by Crippen LogP contribution is 2.05. The molecule has 0 saturated carbocycles. The zero-order chi connectivity index (χ0) is 9.14. The second-order valence-corrected chi connectivity index (χ2v) is 2.48. The minimum absolute atomic E-state index is 0.0683. The molecule has 0 aliphatic rings. The van der Waals surface area contributed by atoms with Crippen LogP contribution in [0, 0.1) is 16.0 Å². The van der Waals surface area contributed by atoms with Crippen LogP contribution in [0.2, 0.25) is 0 Å². The van der Waals surface area contributed by atoms with E-state index in [0.29, 0.717) is 4.64 Å². The van der Waals surface area contributed by atoms with Crippen molar-refractivity contribution in [3.63, 3.8) is 0 Å². The number of nitrogens with one attached hydrogen (secondary N) is 1. The minimum Gasteiger partial charge on any atom is -0.478 e. The van der Waals surface area contributed by atoms with Crippen molar-refractivity contribution in [3.05, 3.63) is 28.0 Å². The molecule has 0 saturated heterocycles. The molecular weight excluding hydrogens is 176 g/mol. The van der Waals surface area contributed by atoms with E-state index in [4.69, 9.17) is 22.6 Å². The Kier molecular flexibility index (Phi) is 2.21. The van der Waals surface area contributed by atoms with Gasteiger partial charge in [0.15, 0.2) is 0 Å². The van der Waals surface area contributed by atoms with Crippen LogP contribution in [-0.4, -0.2) is 16.1 Å². The Morgan fingerprint density at radius 3 is 2.92 bits per heavy atom. The van der Waals surface area contributed by atoms with E-state index in [1.54, 1.807) is 6.07 Å². The molecule has 2 N–H and O–H groups in total. The fraction of sp³-hybridized carbons (Fsp3) is 0. The van der Waals surface area contributed by atoms with Crippen molar-refractivity contribution >= 4 is 18.2 Å². The molecule has 0 aliphatic heterocycles. The number of carboxylic acids is 1. The van der Waals surface area contributed by atoms with Crippen LogP contribution in [0.25, 0.3) is 0 Å². The highest BCUT2D eigenvalue weighted by atomic mass is 32.1. The van der Waals surface area contributed by atoms with Gasteiger partial charge in [0, 0.05) is 6.20 Å². The van der Waals surface area contributed by atoms with Crippen molar-refractivity contribution in [2.45, 2.75) is 0 Å². The van der Waals surface area contributed by atoms with Crippen molar-refractivity contribution in [2.75, 3.05) is 0 Å². The number of aromatic nitrogens is 1. The summed E-state index contributed by atoms with van der Waals surface area (Å²) in [7, 11) is 0. The van der Waals surface area contributed by atoms with Crippen molar-refractivity contribution in [3.8, 4) is 6.07 Å². The van der Waals surface area contributed by atoms with Crippen LogP contribution < -0.4 is 0 Å². The summed E-state index contributed by atoms with van der Waals surface area (Å²) in [4.78, 5) is 13.1. The van der Waals surface area contributed by atoms with E-state index in [1.165, 1.54) is 12.3 Å². The molecule has 60 valence electrons. The highest BCUT2D eigenvalue weighted by molar-refractivity contribution is 7.71. The Balaban J connectivity index is 3.44. The summed E-state index contributed by atoms with van der Waals surface area (Å²) in [6.07, 6.45) is 1.28. The van der Waals surface area contributed by atoms with Gasteiger partial charge in [0.25, 0.3) is 0 Å². The van der Waals surface area contributed by atoms with Crippen LogP contribution in [-0.2, 0) is 0 Å². The van der Waals surface area contributed by atoms with Crippen LogP contribution in [0.1, 0.15) is 15.9 Å². The maximum Gasteiger partial charge on any atom is 0.337 e. The lowest BCUT2D eigenvalue weighted by molar-refractivity contribution is 0.0696. The van der Waals surface area contributed by atoms with Gasteiger partial charge in [-0.25, -0.2) is 4.79 Å². The van der Waals surface area contributed by atoms with Crippen LogP contribution in [0.4, 0.5) is 0 Å². The van der Waals surface area contributed by atoms with Gasteiger partial charge in [0.2, 0.25) is 0 Å². The molecule has 0 atom stereocenters. The SMILES string of the molecule is N#Cc1c[nH]c(=S)cc1C(=O)O. The van der Waals surface area contributed by atoms with Gasteiger partial charge in [-0.3, -0.25) is 0 Å². The molecule has 0 unspecified atom stereocenters. The Hall–Kier alpha value is -1.67. The lowest BCUT2D eigenvalue weighted by Gasteiger charge is -1.95. The number of pyridine rings is 1. The number of nitrogens with zero attached hydrogens (tertiary/aromatic N) is 1. The van der Waals surface area contributed by atoms with Crippen molar-refractivity contribution in [2.24, 2.45) is 0 Å². The third kappa shape index (κ3) is 1.49. The van der Waals surface area contributed by atoms with E-state index in [2.05, 4.69) is 4.98 Å². The summed E-state index contributed by atoms with van der Waals surface area (Å²) in [5.74, 6) is -1.15. The maximum absolute atomic E-state index is 10.5. The first-order chi connectivity index (χ1) is 5.65. The van der Waals surface area contributed by atoms with Gasteiger partial charge in [0.1, 0.15) is 10.7 Å². The van der Waals surface area contributed by atoms with Gasteiger partial charge in [-0.2, -0.15) is 5.26 Å². The van der Waals surface area contributed by atoms with E-state index in [9.17, 15) is 4.79 Å². The van der Waals surface area contributed by atoms with Gasteiger partial charge < -0.3 is 10.1 Å². The molecule has 0 aliphatic carbocycles. The number of hydrogen-bond donors (Lipinski definition) is 2. The van der Waals surface area contributed by atoms with Crippen LogP contribution in [0.5, 0.6) is 0 Å². The third-order valence-electron chi connectivity index (χ3n) is 1.28. The van der Waals surface area contributed by atoms with E-state index in [-0.39, 0.29) is 11.1 Å². The van der Waals surface area contributed by atoms with Crippen LogP contribution >= 0.6 is 12.2 Å². The van der Waals surface area contributed by atoms with Gasteiger partial charge >= 0.3 is 5.97 Å². The molecule has 12 heavy (non-hydrogen) atoms. The fourth-order valence-corrected chi connectivity index (χ4v) is 0.918. The highest BCUT2D eigenvalue weighted by Gasteiger charge is 2.08. The standard InChI is InChI=1S/C7H4N2O2S/c8-2-4-3-9-6(12)1-5(4)7(10)11/h1,3H,(H,9,12)(H,10,11). The van der Waals surface area contributed by atoms with E-state index >= 15 is 0 Å². The molecular formula is C7H4N2O2S. The Labute approximate surface area is 73.1 Å². The molecule has 1 heterocycles. The molecule has 1 aromatic rings. The molecule has 0 aromatic carbocycles. The number of carboxylic acid groups (broad SMARTS) is 1. The van der Waals surface area contributed by atoms with Crippen LogP contribution in [0.3, 0.4) is 0 Å². The Morgan fingerprint density at radius 1 is 1.75 bits per heavy atom. The normalized spacial score (nSPS) is 8.92. The summed E-state index contributed by atoms with van der Waals surface area (Å²) in [6, 6.07) is 2.99. The molecule has 0 fully saturated rings. The molecule has 0 spiro atoms. The summed E-state index contributed by atoms with van der Waals surface area (Å²) >= 11 is 4.70. The molecule has 0 radical (unpaired) electrons.